The molecule has 0 aliphatic carbocycles. The molecule has 0 amide bonds. The first-order valence-corrected chi connectivity index (χ1v) is 7.89. The summed E-state index contributed by atoms with van der Waals surface area (Å²) in [7, 11) is 1.91. The molecule has 0 atom stereocenters. The molecule has 2 aromatic heterocycles. The Hall–Kier alpha value is -1.43. The fourth-order valence-electron chi connectivity index (χ4n) is 1.84. The van der Waals surface area contributed by atoms with Gasteiger partial charge in [-0.1, -0.05) is 41.0 Å². The van der Waals surface area contributed by atoms with Gasteiger partial charge in [-0.25, -0.2) is 0 Å². The van der Waals surface area contributed by atoms with E-state index < -0.39 is 0 Å². The third-order valence-electron chi connectivity index (χ3n) is 2.95. The van der Waals surface area contributed by atoms with Gasteiger partial charge in [0.05, 0.1) is 6.26 Å². The van der Waals surface area contributed by atoms with Crippen molar-refractivity contribution in [3.8, 4) is 11.6 Å². The molecule has 0 saturated carbocycles. The molecule has 0 aliphatic rings. The topological polar surface area (TPSA) is 43.9 Å². The van der Waals surface area contributed by atoms with Crippen LogP contribution in [0.5, 0.6) is 0 Å². The highest BCUT2D eigenvalue weighted by molar-refractivity contribution is 7.98. The van der Waals surface area contributed by atoms with Gasteiger partial charge in [-0.15, -0.1) is 10.2 Å². The number of hydrogen-bond acceptors (Lipinski definition) is 4. The van der Waals surface area contributed by atoms with Crippen molar-refractivity contribution < 1.29 is 4.42 Å². The van der Waals surface area contributed by atoms with Gasteiger partial charge in [0, 0.05) is 22.8 Å². The minimum Gasteiger partial charge on any atom is -0.461 e. The van der Waals surface area contributed by atoms with Crippen molar-refractivity contribution in [3.63, 3.8) is 0 Å². The van der Waals surface area contributed by atoms with Gasteiger partial charge in [-0.2, -0.15) is 0 Å². The van der Waals surface area contributed by atoms with E-state index in [0.29, 0.717) is 27.4 Å². The van der Waals surface area contributed by atoms with Crippen LogP contribution in [0, 0.1) is 0 Å². The summed E-state index contributed by atoms with van der Waals surface area (Å²) in [6, 6.07) is 9.17. The lowest BCUT2D eigenvalue weighted by atomic mass is 10.2. The molecule has 0 fully saturated rings. The summed E-state index contributed by atoms with van der Waals surface area (Å²) in [5.74, 6) is 2.09. The van der Waals surface area contributed by atoms with Crippen molar-refractivity contribution in [3.05, 3.63) is 52.2 Å². The first kappa shape index (κ1) is 14.5. The third-order valence-corrected chi connectivity index (χ3v) is 4.60. The number of thioether (sulfide) groups is 1. The van der Waals surface area contributed by atoms with Crippen LogP contribution in [-0.2, 0) is 12.8 Å². The largest absolute Gasteiger partial charge is 0.461 e. The molecule has 0 N–H and O–H groups in total. The van der Waals surface area contributed by atoms with Gasteiger partial charge in [-0.3, -0.25) is 0 Å². The second-order valence-electron chi connectivity index (χ2n) is 4.37. The van der Waals surface area contributed by atoms with E-state index >= 15 is 0 Å². The Morgan fingerprint density at radius 2 is 2.10 bits per heavy atom. The quantitative estimate of drug-likeness (QED) is 0.647. The fraction of sp³-hybridized carbons (Fsp3) is 0.143. The number of rotatable bonds is 4. The first-order valence-electron chi connectivity index (χ1n) is 6.15. The molecule has 2 heterocycles. The van der Waals surface area contributed by atoms with Crippen LogP contribution in [0.2, 0.25) is 10.0 Å². The van der Waals surface area contributed by atoms with Crippen molar-refractivity contribution in [1.29, 1.82) is 0 Å². The molecule has 3 aromatic rings. The van der Waals surface area contributed by atoms with E-state index in [0.717, 1.165) is 10.7 Å². The normalized spacial score (nSPS) is 11.0. The van der Waals surface area contributed by atoms with Crippen LogP contribution in [0.15, 0.2) is 46.2 Å². The summed E-state index contributed by atoms with van der Waals surface area (Å²) in [5.41, 5.74) is 1.01. The molecule has 1 aromatic carbocycles. The minimum absolute atomic E-state index is 0.632. The van der Waals surface area contributed by atoms with Gasteiger partial charge < -0.3 is 8.98 Å². The molecule has 0 aliphatic heterocycles. The van der Waals surface area contributed by atoms with Crippen LogP contribution < -0.4 is 0 Å². The van der Waals surface area contributed by atoms with Crippen LogP contribution >= 0.6 is 35.0 Å². The van der Waals surface area contributed by atoms with Crippen LogP contribution in [0.4, 0.5) is 0 Å². The number of furan rings is 1. The zero-order valence-corrected chi connectivity index (χ0v) is 13.4. The summed E-state index contributed by atoms with van der Waals surface area (Å²) in [4.78, 5) is 0. The molecule has 0 saturated heterocycles. The van der Waals surface area contributed by atoms with Crippen molar-refractivity contribution >= 4 is 35.0 Å². The summed E-state index contributed by atoms with van der Waals surface area (Å²) in [6.45, 7) is 0. The van der Waals surface area contributed by atoms with E-state index in [9.17, 15) is 0 Å². The fourth-order valence-corrected chi connectivity index (χ4v) is 3.31. The number of halogens is 2. The average Bonchev–Trinajstić information content (AvgIpc) is 3.08. The lowest BCUT2D eigenvalue weighted by Crippen LogP contribution is -1.94. The zero-order chi connectivity index (χ0) is 14.8. The van der Waals surface area contributed by atoms with Crippen LogP contribution in [-0.4, -0.2) is 14.8 Å². The van der Waals surface area contributed by atoms with E-state index in [1.807, 2.05) is 35.9 Å². The molecule has 0 spiro atoms. The van der Waals surface area contributed by atoms with Crippen LogP contribution in [0.25, 0.3) is 11.6 Å². The Kier molecular flexibility index (Phi) is 4.24. The van der Waals surface area contributed by atoms with Crippen molar-refractivity contribution in [2.45, 2.75) is 10.9 Å². The summed E-state index contributed by atoms with van der Waals surface area (Å²) in [6.07, 6.45) is 1.62. The van der Waals surface area contributed by atoms with E-state index in [1.54, 1.807) is 24.1 Å². The molecule has 0 unspecified atom stereocenters. The second-order valence-corrected chi connectivity index (χ2v) is 6.15. The molecular weight excluding hydrogens is 329 g/mol. The Morgan fingerprint density at radius 3 is 2.81 bits per heavy atom. The van der Waals surface area contributed by atoms with Crippen molar-refractivity contribution in [1.82, 2.24) is 14.8 Å². The standard InChI is InChI=1S/C14H11Cl2N3OS/c1-19-13(12-3-2-6-20-12)17-18-14(19)21-8-9-4-5-10(15)7-11(9)16/h2-7H,8H2,1H3. The average molecular weight is 340 g/mol. The van der Waals surface area contributed by atoms with Crippen LogP contribution in [0.1, 0.15) is 5.56 Å². The summed E-state index contributed by atoms with van der Waals surface area (Å²) < 4.78 is 7.24. The highest BCUT2D eigenvalue weighted by atomic mass is 35.5. The second kappa shape index (κ2) is 6.13. The molecule has 3 rings (SSSR count). The smallest absolute Gasteiger partial charge is 0.200 e. The first-order chi connectivity index (χ1) is 10.1. The number of nitrogens with zero attached hydrogens (tertiary/aromatic N) is 3. The predicted octanol–water partition coefficient (Wildman–Crippen LogP) is 4.67. The third kappa shape index (κ3) is 3.10. The lowest BCUT2D eigenvalue weighted by molar-refractivity contribution is 0.572. The molecule has 7 heteroatoms. The highest BCUT2D eigenvalue weighted by Crippen LogP contribution is 2.29. The maximum atomic E-state index is 6.17. The number of aromatic nitrogens is 3. The van der Waals surface area contributed by atoms with Crippen LogP contribution in [0.3, 0.4) is 0 Å². The summed E-state index contributed by atoms with van der Waals surface area (Å²) >= 11 is 13.6. The van der Waals surface area contributed by atoms with Crippen molar-refractivity contribution in [2.24, 2.45) is 7.05 Å². The summed E-state index contributed by atoms with van der Waals surface area (Å²) in [5, 5.41) is 10.4. The molecule has 0 bridgehead atoms. The SMILES string of the molecule is Cn1c(SCc2ccc(Cl)cc2Cl)nnc1-c1ccco1. The molecule has 108 valence electrons. The van der Waals surface area contributed by atoms with E-state index in [-0.39, 0.29) is 0 Å². The molecule has 21 heavy (non-hydrogen) atoms. The number of benzene rings is 1. The molecule has 4 nitrogen and oxygen atoms in total. The maximum absolute atomic E-state index is 6.17. The Bertz CT molecular complexity index is 756. The Balaban J connectivity index is 1.77. The lowest BCUT2D eigenvalue weighted by Gasteiger charge is -2.05. The monoisotopic (exact) mass is 339 g/mol. The zero-order valence-electron chi connectivity index (χ0n) is 11.1. The highest BCUT2D eigenvalue weighted by Gasteiger charge is 2.13. The predicted molar refractivity (Wildman–Crippen MR) is 84.7 cm³/mol. The molecule has 0 radical (unpaired) electrons. The van der Waals surface area contributed by atoms with Gasteiger partial charge >= 0.3 is 0 Å². The van der Waals surface area contributed by atoms with E-state index in [1.165, 1.54) is 0 Å². The minimum atomic E-state index is 0.632. The van der Waals surface area contributed by atoms with Crippen molar-refractivity contribution in [2.75, 3.05) is 0 Å². The Labute approximate surface area is 136 Å². The number of hydrogen-bond donors (Lipinski definition) is 0. The van der Waals surface area contributed by atoms with E-state index in [2.05, 4.69) is 10.2 Å². The Morgan fingerprint density at radius 1 is 1.24 bits per heavy atom. The van der Waals surface area contributed by atoms with Gasteiger partial charge in [0.1, 0.15) is 0 Å². The molecular formula is C14H11Cl2N3OS. The van der Waals surface area contributed by atoms with Gasteiger partial charge in [0.2, 0.25) is 0 Å². The van der Waals surface area contributed by atoms with Gasteiger partial charge in [0.15, 0.2) is 16.7 Å². The van der Waals surface area contributed by atoms with Gasteiger partial charge in [-0.05, 0) is 29.8 Å². The van der Waals surface area contributed by atoms with E-state index in [4.69, 9.17) is 27.6 Å². The maximum Gasteiger partial charge on any atom is 0.200 e. The van der Waals surface area contributed by atoms with Gasteiger partial charge in [0.25, 0.3) is 0 Å².